The van der Waals surface area contributed by atoms with Crippen LogP contribution in [-0.4, -0.2) is 4.57 Å². The molecule has 0 fully saturated rings. The first kappa shape index (κ1) is 14.8. The van der Waals surface area contributed by atoms with E-state index in [4.69, 9.17) is 0 Å². The zero-order valence-corrected chi connectivity index (χ0v) is 12.4. The van der Waals surface area contributed by atoms with E-state index in [1.165, 1.54) is 17.7 Å². The Hall–Kier alpha value is -1.61. The van der Waals surface area contributed by atoms with E-state index in [0.717, 1.165) is 18.7 Å². The zero-order valence-electron chi connectivity index (χ0n) is 12.4. The normalized spacial score (nSPS) is 12.8. The summed E-state index contributed by atoms with van der Waals surface area (Å²) in [5.41, 5.74) is 2.41. The molecule has 0 saturated carbocycles. The highest BCUT2D eigenvalue weighted by Gasteiger charge is 2.15. The minimum Gasteiger partial charge on any atom is -0.354 e. The number of halogens is 1. The lowest BCUT2D eigenvalue weighted by molar-refractivity contribution is 0.410. The maximum absolute atomic E-state index is 13.0. The van der Waals surface area contributed by atoms with Crippen molar-refractivity contribution < 1.29 is 4.39 Å². The van der Waals surface area contributed by atoms with Gasteiger partial charge in [-0.2, -0.15) is 0 Å². The fourth-order valence-corrected chi connectivity index (χ4v) is 2.43. The third kappa shape index (κ3) is 3.70. The summed E-state index contributed by atoms with van der Waals surface area (Å²) in [5.74, 6) is 0.269. The summed E-state index contributed by atoms with van der Waals surface area (Å²) in [6.45, 7) is 8.31. The van der Waals surface area contributed by atoms with Crippen molar-refractivity contribution >= 4 is 0 Å². The lowest BCUT2D eigenvalue weighted by Crippen LogP contribution is -2.25. The Morgan fingerprint density at radius 2 is 1.85 bits per heavy atom. The molecule has 0 saturated heterocycles. The molecule has 20 heavy (non-hydrogen) atoms. The van der Waals surface area contributed by atoms with Crippen LogP contribution in [0.4, 0.5) is 4.39 Å². The van der Waals surface area contributed by atoms with Gasteiger partial charge in [0.15, 0.2) is 0 Å². The number of rotatable bonds is 6. The maximum Gasteiger partial charge on any atom is 0.123 e. The first-order valence-electron chi connectivity index (χ1n) is 7.23. The van der Waals surface area contributed by atoms with E-state index in [2.05, 4.69) is 49.1 Å². The molecule has 0 aliphatic heterocycles. The van der Waals surface area contributed by atoms with Gasteiger partial charge in [0.05, 0.1) is 0 Å². The molecule has 1 unspecified atom stereocenters. The second kappa shape index (κ2) is 6.71. The largest absolute Gasteiger partial charge is 0.354 e. The van der Waals surface area contributed by atoms with Gasteiger partial charge >= 0.3 is 0 Å². The highest BCUT2D eigenvalue weighted by atomic mass is 19.1. The molecular weight excluding hydrogens is 251 g/mol. The van der Waals surface area contributed by atoms with E-state index in [1.807, 2.05) is 12.1 Å². The van der Waals surface area contributed by atoms with E-state index in [0.29, 0.717) is 5.92 Å². The van der Waals surface area contributed by atoms with Gasteiger partial charge in [0.1, 0.15) is 5.82 Å². The number of benzene rings is 1. The number of aromatic nitrogens is 1. The molecule has 2 aromatic rings. The second-order valence-electron chi connectivity index (χ2n) is 5.50. The van der Waals surface area contributed by atoms with Gasteiger partial charge in [-0.05, 0) is 42.2 Å². The molecule has 1 heterocycles. The Bertz CT molecular complexity index is 528. The van der Waals surface area contributed by atoms with Gasteiger partial charge in [-0.1, -0.05) is 26.0 Å². The second-order valence-corrected chi connectivity index (χ2v) is 5.50. The molecule has 2 nitrogen and oxygen atoms in total. The van der Waals surface area contributed by atoms with Crippen molar-refractivity contribution in [1.82, 2.24) is 9.88 Å². The smallest absolute Gasteiger partial charge is 0.123 e. The lowest BCUT2D eigenvalue weighted by atomic mass is 9.96. The summed E-state index contributed by atoms with van der Waals surface area (Å²) < 4.78 is 15.2. The van der Waals surface area contributed by atoms with Crippen molar-refractivity contribution in [3.05, 3.63) is 59.7 Å². The van der Waals surface area contributed by atoms with Gasteiger partial charge in [-0.3, -0.25) is 0 Å². The van der Waals surface area contributed by atoms with Crippen LogP contribution in [0.25, 0.3) is 0 Å². The predicted octanol–water partition coefficient (Wildman–Crippen LogP) is 4.13. The van der Waals surface area contributed by atoms with E-state index in [1.54, 1.807) is 0 Å². The van der Waals surface area contributed by atoms with Crippen LogP contribution in [0, 0.1) is 11.7 Å². The first-order valence-corrected chi connectivity index (χ1v) is 7.23. The molecule has 0 aliphatic carbocycles. The monoisotopic (exact) mass is 274 g/mol. The van der Waals surface area contributed by atoms with Crippen LogP contribution in [0.1, 0.15) is 37.9 Å². The maximum atomic E-state index is 13.0. The summed E-state index contributed by atoms with van der Waals surface area (Å²) >= 11 is 0. The van der Waals surface area contributed by atoms with Crippen LogP contribution in [0.2, 0.25) is 0 Å². The highest BCUT2D eigenvalue weighted by molar-refractivity contribution is 5.21. The average Bonchev–Trinajstić information content (AvgIpc) is 2.88. The van der Waals surface area contributed by atoms with Gasteiger partial charge in [0.2, 0.25) is 0 Å². The molecule has 1 atom stereocenters. The Kier molecular flexibility index (Phi) is 4.96. The van der Waals surface area contributed by atoms with Gasteiger partial charge in [-0.15, -0.1) is 0 Å². The fraction of sp³-hybridized carbons (Fsp3) is 0.412. The average molecular weight is 274 g/mol. The van der Waals surface area contributed by atoms with Crippen LogP contribution in [0.5, 0.6) is 0 Å². The fourth-order valence-electron chi connectivity index (χ4n) is 2.43. The molecule has 1 N–H and O–H groups in total. The van der Waals surface area contributed by atoms with Crippen LogP contribution >= 0.6 is 0 Å². The number of hydrogen-bond acceptors (Lipinski definition) is 1. The summed E-state index contributed by atoms with van der Waals surface area (Å²) in [6.07, 6.45) is 4.26. The van der Waals surface area contributed by atoms with E-state index in [-0.39, 0.29) is 11.9 Å². The summed E-state index contributed by atoms with van der Waals surface area (Å²) in [7, 11) is 0. The molecule has 0 bridgehead atoms. The summed E-state index contributed by atoms with van der Waals surface area (Å²) in [4.78, 5) is 0. The third-order valence-electron chi connectivity index (χ3n) is 3.60. The van der Waals surface area contributed by atoms with Gasteiger partial charge in [-0.25, -0.2) is 4.39 Å². The quantitative estimate of drug-likeness (QED) is 0.838. The Balaban J connectivity index is 2.04. The molecule has 1 aromatic heterocycles. The van der Waals surface area contributed by atoms with Crippen LogP contribution < -0.4 is 5.32 Å². The van der Waals surface area contributed by atoms with Crippen molar-refractivity contribution in [3.63, 3.8) is 0 Å². The standard InChI is InChI=1S/C17H23FN2/c1-4-20-10-9-14(12-20)11-19-17(13(2)3)15-5-7-16(18)8-6-15/h5-10,12-13,17,19H,4,11H2,1-3H3. The van der Waals surface area contributed by atoms with Gasteiger partial charge < -0.3 is 9.88 Å². The van der Waals surface area contributed by atoms with Crippen molar-refractivity contribution in [1.29, 1.82) is 0 Å². The third-order valence-corrected chi connectivity index (χ3v) is 3.60. The van der Waals surface area contributed by atoms with Crippen molar-refractivity contribution in [2.24, 2.45) is 5.92 Å². The zero-order chi connectivity index (χ0) is 14.5. The highest BCUT2D eigenvalue weighted by Crippen LogP contribution is 2.22. The van der Waals surface area contributed by atoms with Gasteiger partial charge in [0, 0.05) is 31.5 Å². The topological polar surface area (TPSA) is 17.0 Å². The Morgan fingerprint density at radius 1 is 1.15 bits per heavy atom. The molecule has 0 spiro atoms. The lowest BCUT2D eigenvalue weighted by Gasteiger charge is -2.23. The van der Waals surface area contributed by atoms with Crippen LogP contribution in [0.3, 0.4) is 0 Å². The molecule has 1 aromatic carbocycles. The molecule has 3 heteroatoms. The molecule has 2 rings (SSSR count). The summed E-state index contributed by atoms with van der Waals surface area (Å²) in [5, 5.41) is 3.57. The number of nitrogens with zero attached hydrogens (tertiary/aromatic N) is 1. The van der Waals surface area contributed by atoms with Crippen molar-refractivity contribution in [3.8, 4) is 0 Å². The van der Waals surface area contributed by atoms with Crippen LogP contribution in [0.15, 0.2) is 42.7 Å². The predicted molar refractivity (Wildman–Crippen MR) is 80.9 cm³/mol. The van der Waals surface area contributed by atoms with E-state index >= 15 is 0 Å². The minimum atomic E-state index is -0.184. The Labute approximate surface area is 120 Å². The number of aryl methyl sites for hydroxylation is 1. The van der Waals surface area contributed by atoms with Crippen molar-refractivity contribution in [2.45, 2.75) is 39.9 Å². The molecule has 0 radical (unpaired) electrons. The van der Waals surface area contributed by atoms with E-state index < -0.39 is 0 Å². The van der Waals surface area contributed by atoms with Crippen molar-refractivity contribution in [2.75, 3.05) is 0 Å². The number of nitrogens with one attached hydrogen (secondary N) is 1. The van der Waals surface area contributed by atoms with Crippen LogP contribution in [-0.2, 0) is 13.1 Å². The summed E-state index contributed by atoms with van der Waals surface area (Å²) in [6, 6.07) is 9.16. The molecule has 108 valence electrons. The molecule has 0 aliphatic rings. The van der Waals surface area contributed by atoms with Gasteiger partial charge in [0.25, 0.3) is 0 Å². The first-order chi connectivity index (χ1) is 9.60. The van der Waals surface area contributed by atoms with E-state index in [9.17, 15) is 4.39 Å². The number of hydrogen-bond donors (Lipinski definition) is 1. The molecule has 0 amide bonds. The molecular formula is C17H23FN2. The minimum absolute atomic E-state index is 0.184. The Morgan fingerprint density at radius 3 is 2.40 bits per heavy atom. The SMILES string of the molecule is CCn1ccc(CNC(c2ccc(F)cc2)C(C)C)c1.